The third-order valence-corrected chi connectivity index (χ3v) is 2.36. The minimum atomic E-state index is -0.776. The number of methoxy groups -OCH3 is 1. The van der Waals surface area contributed by atoms with Gasteiger partial charge in [0, 0.05) is 18.2 Å². The lowest BCUT2D eigenvalue weighted by Gasteiger charge is -2.15. The standard InChI is InChI=1S/C11H15F2NO2/c1-16-9-5-4-7(12)10(11(9)13)8(14)3-2-6-15/h4-5,8,15H,2-3,6,14H2,1H3/t8-/m1/s1. The molecule has 0 aliphatic carbocycles. The molecule has 0 saturated carbocycles. The number of hydrogen-bond donors (Lipinski definition) is 2. The Bertz CT molecular complexity index is 358. The first-order valence-corrected chi connectivity index (χ1v) is 5.00. The van der Waals surface area contributed by atoms with Crippen LogP contribution in [-0.4, -0.2) is 18.8 Å². The van der Waals surface area contributed by atoms with Crippen molar-refractivity contribution in [2.24, 2.45) is 5.73 Å². The molecule has 0 spiro atoms. The van der Waals surface area contributed by atoms with Gasteiger partial charge in [-0.2, -0.15) is 0 Å². The van der Waals surface area contributed by atoms with Crippen LogP contribution in [0, 0.1) is 11.6 Å². The van der Waals surface area contributed by atoms with Crippen molar-refractivity contribution in [1.82, 2.24) is 0 Å². The van der Waals surface area contributed by atoms with Crippen LogP contribution in [0.2, 0.25) is 0 Å². The van der Waals surface area contributed by atoms with E-state index in [0.29, 0.717) is 12.8 Å². The summed E-state index contributed by atoms with van der Waals surface area (Å²) in [7, 11) is 1.30. The van der Waals surface area contributed by atoms with Gasteiger partial charge < -0.3 is 15.6 Å². The average molecular weight is 231 g/mol. The van der Waals surface area contributed by atoms with E-state index in [1.807, 2.05) is 0 Å². The third-order valence-electron chi connectivity index (χ3n) is 2.36. The van der Waals surface area contributed by atoms with Gasteiger partial charge in [-0.05, 0) is 25.0 Å². The summed E-state index contributed by atoms with van der Waals surface area (Å²) in [5, 5.41) is 8.63. The summed E-state index contributed by atoms with van der Waals surface area (Å²) in [5.41, 5.74) is 5.47. The van der Waals surface area contributed by atoms with Crippen molar-refractivity contribution in [3.8, 4) is 5.75 Å². The Balaban J connectivity index is 3.01. The van der Waals surface area contributed by atoms with Crippen molar-refractivity contribution in [1.29, 1.82) is 0 Å². The van der Waals surface area contributed by atoms with Crippen LogP contribution in [0.15, 0.2) is 12.1 Å². The van der Waals surface area contributed by atoms with Crippen molar-refractivity contribution >= 4 is 0 Å². The van der Waals surface area contributed by atoms with Crippen molar-refractivity contribution < 1.29 is 18.6 Å². The van der Waals surface area contributed by atoms with Gasteiger partial charge in [0.05, 0.1) is 7.11 Å². The SMILES string of the molecule is COc1ccc(F)c([C@H](N)CCCO)c1F. The molecular formula is C11H15F2NO2. The van der Waals surface area contributed by atoms with Gasteiger partial charge in [-0.3, -0.25) is 0 Å². The second-order valence-electron chi connectivity index (χ2n) is 3.45. The molecule has 0 radical (unpaired) electrons. The molecule has 0 bridgehead atoms. The molecule has 16 heavy (non-hydrogen) atoms. The molecule has 0 heterocycles. The van der Waals surface area contributed by atoms with Crippen molar-refractivity contribution in [2.75, 3.05) is 13.7 Å². The molecule has 0 saturated heterocycles. The first kappa shape index (κ1) is 12.9. The largest absolute Gasteiger partial charge is 0.494 e. The zero-order valence-corrected chi connectivity index (χ0v) is 9.04. The third kappa shape index (κ3) is 2.68. The van der Waals surface area contributed by atoms with Gasteiger partial charge in [0.15, 0.2) is 11.6 Å². The van der Waals surface area contributed by atoms with E-state index in [-0.39, 0.29) is 17.9 Å². The summed E-state index contributed by atoms with van der Waals surface area (Å²) in [4.78, 5) is 0. The summed E-state index contributed by atoms with van der Waals surface area (Å²) in [6, 6.07) is 1.56. The maximum Gasteiger partial charge on any atom is 0.172 e. The van der Waals surface area contributed by atoms with E-state index in [9.17, 15) is 8.78 Å². The number of aliphatic hydroxyl groups is 1. The highest BCUT2D eigenvalue weighted by atomic mass is 19.1. The second-order valence-corrected chi connectivity index (χ2v) is 3.45. The van der Waals surface area contributed by atoms with Crippen LogP contribution in [0.25, 0.3) is 0 Å². The van der Waals surface area contributed by atoms with Gasteiger partial charge in [0.2, 0.25) is 0 Å². The number of halogens is 2. The molecule has 1 rings (SSSR count). The van der Waals surface area contributed by atoms with E-state index < -0.39 is 17.7 Å². The van der Waals surface area contributed by atoms with Crippen LogP contribution in [0.5, 0.6) is 5.75 Å². The number of rotatable bonds is 5. The van der Waals surface area contributed by atoms with Crippen LogP contribution in [0.4, 0.5) is 8.78 Å². The summed E-state index contributed by atoms with van der Waals surface area (Å²) < 4.78 is 31.9. The van der Waals surface area contributed by atoms with Crippen LogP contribution < -0.4 is 10.5 Å². The lowest BCUT2D eigenvalue weighted by atomic mass is 10.0. The molecule has 0 aliphatic rings. The van der Waals surface area contributed by atoms with E-state index in [0.717, 1.165) is 6.07 Å². The minimum absolute atomic E-state index is 0.0316. The summed E-state index contributed by atoms with van der Waals surface area (Å²) >= 11 is 0. The van der Waals surface area contributed by atoms with Gasteiger partial charge in [0.25, 0.3) is 0 Å². The predicted molar refractivity (Wildman–Crippen MR) is 56.2 cm³/mol. The molecule has 0 aliphatic heterocycles. The van der Waals surface area contributed by atoms with Crippen LogP contribution in [0.1, 0.15) is 24.4 Å². The lowest BCUT2D eigenvalue weighted by Crippen LogP contribution is -2.15. The van der Waals surface area contributed by atoms with Crippen molar-refractivity contribution in [2.45, 2.75) is 18.9 Å². The normalized spacial score (nSPS) is 12.6. The predicted octanol–water partition coefficient (Wildman–Crippen LogP) is 1.75. The molecule has 1 aromatic carbocycles. The van der Waals surface area contributed by atoms with E-state index in [1.54, 1.807) is 0 Å². The highest BCUT2D eigenvalue weighted by Gasteiger charge is 2.19. The van der Waals surface area contributed by atoms with Gasteiger partial charge in [-0.15, -0.1) is 0 Å². The quantitative estimate of drug-likeness (QED) is 0.811. The Morgan fingerprint density at radius 3 is 2.69 bits per heavy atom. The Morgan fingerprint density at radius 2 is 2.12 bits per heavy atom. The molecular weight excluding hydrogens is 216 g/mol. The summed E-state index contributed by atoms with van der Waals surface area (Å²) in [6.07, 6.45) is 0.717. The molecule has 0 aromatic heterocycles. The van der Waals surface area contributed by atoms with E-state index in [4.69, 9.17) is 15.6 Å². The van der Waals surface area contributed by atoms with Gasteiger partial charge in [-0.25, -0.2) is 8.78 Å². The lowest BCUT2D eigenvalue weighted by molar-refractivity contribution is 0.278. The van der Waals surface area contributed by atoms with E-state index in [1.165, 1.54) is 13.2 Å². The number of ether oxygens (including phenoxy) is 1. The molecule has 0 unspecified atom stereocenters. The van der Waals surface area contributed by atoms with E-state index in [2.05, 4.69) is 0 Å². The topological polar surface area (TPSA) is 55.5 Å². The fourth-order valence-corrected chi connectivity index (χ4v) is 1.50. The van der Waals surface area contributed by atoms with Gasteiger partial charge in [-0.1, -0.05) is 0 Å². The zero-order valence-electron chi connectivity index (χ0n) is 9.04. The Kier molecular flexibility index (Phi) is 4.64. The summed E-state index contributed by atoms with van der Waals surface area (Å²) in [6.45, 7) is -0.0547. The minimum Gasteiger partial charge on any atom is -0.494 e. The smallest absolute Gasteiger partial charge is 0.172 e. The maximum atomic E-state index is 13.7. The molecule has 5 heteroatoms. The van der Waals surface area contributed by atoms with Gasteiger partial charge >= 0.3 is 0 Å². The van der Waals surface area contributed by atoms with Crippen molar-refractivity contribution in [3.63, 3.8) is 0 Å². The molecule has 0 amide bonds. The Hall–Kier alpha value is -1.20. The number of benzene rings is 1. The highest BCUT2D eigenvalue weighted by molar-refractivity contribution is 5.34. The number of hydrogen-bond acceptors (Lipinski definition) is 3. The first-order valence-electron chi connectivity index (χ1n) is 5.00. The molecule has 3 nitrogen and oxygen atoms in total. The Labute approximate surface area is 92.8 Å². The number of nitrogens with two attached hydrogens (primary N) is 1. The van der Waals surface area contributed by atoms with Crippen LogP contribution in [0.3, 0.4) is 0 Å². The zero-order chi connectivity index (χ0) is 12.1. The maximum absolute atomic E-state index is 13.7. The van der Waals surface area contributed by atoms with Crippen molar-refractivity contribution in [3.05, 3.63) is 29.3 Å². The molecule has 1 aromatic rings. The fraction of sp³-hybridized carbons (Fsp3) is 0.455. The summed E-state index contributed by atoms with van der Waals surface area (Å²) in [5.74, 6) is -1.49. The molecule has 90 valence electrons. The number of aliphatic hydroxyl groups excluding tert-OH is 1. The molecule has 0 fully saturated rings. The average Bonchev–Trinajstić information content (AvgIpc) is 2.26. The fourth-order valence-electron chi connectivity index (χ4n) is 1.50. The molecule has 1 atom stereocenters. The van der Waals surface area contributed by atoms with Crippen LogP contribution >= 0.6 is 0 Å². The first-order chi connectivity index (χ1) is 7.61. The molecule has 3 N–H and O–H groups in total. The monoisotopic (exact) mass is 231 g/mol. The van der Waals surface area contributed by atoms with Gasteiger partial charge in [0.1, 0.15) is 5.82 Å². The Morgan fingerprint density at radius 1 is 1.44 bits per heavy atom. The highest BCUT2D eigenvalue weighted by Crippen LogP contribution is 2.28. The van der Waals surface area contributed by atoms with Crippen LogP contribution in [-0.2, 0) is 0 Å². The second kappa shape index (κ2) is 5.77. The van der Waals surface area contributed by atoms with E-state index >= 15 is 0 Å².